The van der Waals surface area contributed by atoms with Crippen LogP contribution in [0.2, 0.25) is 0 Å². The lowest BCUT2D eigenvalue weighted by molar-refractivity contribution is -0.147. The van der Waals surface area contributed by atoms with Crippen molar-refractivity contribution < 1.29 is 27.2 Å². The standard InChI is InChI=1S/C22H21F4N5O2/c1-11-3-6-14(23)9-16(11)21(33)29-10-13-4-7-15(8-5-13)31-19(20(28)32)17(27)18(30-31)12(2)22(24,25)26/h3-9,12H,10,27H2,1-2H3,(H2,28,32)(H,29,33). The van der Waals surface area contributed by atoms with E-state index in [9.17, 15) is 27.2 Å². The number of nitrogens with one attached hydrogen (secondary N) is 1. The number of carbonyl (C=O) groups excluding carboxylic acids is 2. The molecule has 3 aromatic rings. The number of hydrogen-bond donors (Lipinski definition) is 3. The molecule has 1 unspecified atom stereocenters. The maximum atomic E-state index is 13.4. The Bertz CT molecular complexity index is 1200. The second-order valence-corrected chi connectivity index (χ2v) is 7.50. The third-order valence-electron chi connectivity index (χ3n) is 5.16. The van der Waals surface area contributed by atoms with E-state index in [0.29, 0.717) is 11.1 Å². The minimum Gasteiger partial charge on any atom is -0.395 e. The Balaban J connectivity index is 1.83. The molecule has 0 aliphatic rings. The highest BCUT2D eigenvalue weighted by molar-refractivity contribution is 5.97. The van der Waals surface area contributed by atoms with Crippen LogP contribution in [0.4, 0.5) is 23.2 Å². The van der Waals surface area contributed by atoms with Crippen molar-refractivity contribution in [3.8, 4) is 5.69 Å². The van der Waals surface area contributed by atoms with E-state index in [1.807, 2.05) is 0 Å². The van der Waals surface area contributed by atoms with E-state index in [1.54, 1.807) is 19.1 Å². The van der Waals surface area contributed by atoms with Gasteiger partial charge in [0, 0.05) is 12.1 Å². The second-order valence-electron chi connectivity index (χ2n) is 7.50. The van der Waals surface area contributed by atoms with Gasteiger partial charge in [-0.25, -0.2) is 9.07 Å². The van der Waals surface area contributed by atoms with E-state index in [4.69, 9.17) is 11.5 Å². The molecule has 11 heteroatoms. The monoisotopic (exact) mass is 463 g/mol. The summed E-state index contributed by atoms with van der Waals surface area (Å²) in [5.41, 5.74) is 11.5. The molecule has 0 fully saturated rings. The molecule has 0 aliphatic heterocycles. The number of amides is 2. The SMILES string of the molecule is Cc1ccc(F)cc1C(=O)NCc1ccc(-n2nc(C(C)C(F)(F)F)c(N)c2C(N)=O)cc1. The lowest BCUT2D eigenvalue weighted by Crippen LogP contribution is -2.23. The number of carbonyl (C=O) groups is 2. The summed E-state index contributed by atoms with van der Waals surface area (Å²) in [6, 6.07) is 10.1. The van der Waals surface area contributed by atoms with Gasteiger partial charge in [-0.2, -0.15) is 18.3 Å². The molecule has 174 valence electrons. The van der Waals surface area contributed by atoms with Crippen molar-refractivity contribution in [2.24, 2.45) is 5.73 Å². The highest BCUT2D eigenvalue weighted by atomic mass is 19.4. The Hall–Kier alpha value is -3.89. The molecule has 0 bridgehead atoms. The van der Waals surface area contributed by atoms with E-state index in [2.05, 4.69) is 10.4 Å². The van der Waals surface area contributed by atoms with Crippen LogP contribution < -0.4 is 16.8 Å². The zero-order chi connectivity index (χ0) is 24.5. The first-order valence-corrected chi connectivity index (χ1v) is 9.78. The number of primary amides is 1. The van der Waals surface area contributed by atoms with E-state index >= 15 is 0 Å². The van der Waals surface area contributed by atoms with Crippen LogP contribution in [0.3, 0.4) is 0 Å². The number of alkyl halides is 3. The van der Waals surface area contributed by atoms with Crippen LogP contribution >= 0.6 is 0 Å². The van der Waals surface area contributed by atoms with Crippen molar-refractivity contribution in [2.45, 2.75) is 32.5 Å². The third kappa shape index (κ3) is 4.97. The number of halogens is 4. The van der Waals surface area contributed by atoms with Crippen LogP contribution in [0.25, 0.3) is 5.69 Å². The van der Waals surface area contributed by atoms with Crippen molar-refractivity contribution in [1.82, 2.24) is 15.1 Å². The number of aryl methyl sites for hydroxylation is 1. The van der Waals surface area contributed by atoms with Crippen LogP contribution in [0, 0.1) is 12.7 Å². The summed E-state index contributed by atoms with van der Waals surface area (Å²) in [6.45, 7) is 2.68. The van der Waals surface area contributed by atoms with Crippen LogP contribution in [-0.2, 0) is 6.54 Å². The predicted octanol–water partition coefficient (Wildman–Crippen LogP) is 3.60. The molecule has 1 atom stereocenters. The van der Waals surface area contributed by atoms with Crippen molar-refractivity contribution >= 4 is 17.5 Å². The molecule has 1 aromatic heterocycles. The average Bonchev–Trinajstić information content (AvgIpc) is 3.10. The van der Waals surface area contributed by atoms with Gasteiger partial charge < -0.3 is 16.8 Å². The molecule has 0 saturated carbocycles. The number of hydrogen-bond acceptors (Lipinski definition) is 4. The van der Waals surface area contributed by atoms with Crippen LogP contribution in [0.5, 0.6) is 0 Å². The maximum absolute atomic E-state index is 13.4. The second kappa shape index (κ2) is 8.93. The Morgan fingerprint density at radius 1 is 1.15 bits per heavy atom. The number of anilines is 1. The summed E-state index contributed by atoms with van der Waals surface area (Å²) in [5, 5.41) is 6.56. The fourth-order valence-corrected chi connectivity index (χ4v) is 3.22. The highest BCUT2D eigenvalue weighted by Gasteiger charge is 2.41. The first kappa shape index (κ1) is 23.8. The Morgan fingerprint density at radius 2 is 1.79 bits per heavy atom. The largest absolute Gasteiger partial charge is 0.397 e. The van der Waals surface area contributed by atoms with Crippen molar-refractivity contribution in [1.29, 1.82) is 0 Å². The summed E-state index contributed by atoms with van der Waals surface area (Å²) in [5.74, 6) is -4.02. The smallest absolute Gasteiger partial charge is 0.395 e. The zero-order valence-electron chi connectivity index (χ0n) is 17.7. The summed E-state index contributed by atoms with van der Waals surface area (Å²) in [4.78, 5) is 24.2. The highest BCUT2D eigenvalue weighted by Crippen LogP contribution is 2.37. The van der Waals surface area contributed by atoms with Gasteiger partial charge in [-0.1, -0.05) is 18.2 Å². The van der Waals surface area contributed by atoms with Gasteiger partial charge in [0.25, 0.3) is 11.8 Å². The summed E-state index contributed by atoms with van der Waals surface area (Å²) in [7, 11) is 0. The number of aromatic nitrogens is 2. The fraction of sp³-hybridized carbons (Fsp3) is 0.227. The minimum atomic E-state index is -4.61. The molecule has 1 heterocycles. The molecule has 3 rings (SSSR count). The molecule has 7 nitrogen and oxygen atoms in total. The van der Waals surface area contributed by atoms with Crippen LogP contribution in [-0.4, -0.2) is 27.8 Å². The number of nitrogens with two attached hydrogens (primary N) is 2. The third-order valence-corrected chi connectivity index (χ3v) is 5.16. The first-order chi connectivity index (χ1) is 15.4. The number of nitrogen functional groups attached to an aromatic ring is 1. The maximum Gasteiger partial charge on any atom is 0.397 e. The quantitative estimate of drug-likeness (QED) is 0.485. The summed E-state index contributed by atoms with van der Waals surface area (Å²) >= 11 is 0. The van der Waals surface area contributed by atoms with Gasteiger partial charge in [-0.3, -0.25) is 9.59 Å². The molecule has 0 radical (unpaired) electrons. The zero-order valence-corrected chi connectivity index (χ0v) is 17.7. The molecule has 0 saturated heterocycles. The Kier molecular flexibility index (Phi) is 6.43. The molecule has 0 spiro atoms. The van der Waals surface area contributed by atoms with Gasteiger partial charge in [-0.05, 0) is 49.2 Å². The first-order valence-electron chi connectivity index (χ1n) is 9.78. The number of benzene rings is 2. The van der Waals surface area contributed by atoms with E-state index in [1.165, 1.54) is 24.3 Å². The van der Waals surface area contributed by atoms with Crippen molar-refractivity contribution in [3.05, 3.63) is 76.4 Å². The molecule has 2 aromatic carbocycles. The Morgan fingerprint density at radius 3 is 2.36 bits per heavy atom. The van der Waals surface area contributed by atoms with Gasteiger partial charge in [-0.15, -0.1) is 0 Å². The lowest BCUT2D eigenvalue weighted by Gasteiger charge is -2.13. The Labute approximate surface area is 186 Å². The van der Waals surface area contributed by atoms with Gasteiger partial charge >= 0.3 is 6.18 Å². The minimum absolute atomic E-state index is 0.106. The number of nitrogens with zero attached hydrogens (tertiary/aromatic N) is 2. The fourth-order valence-electron chi connectivity index (χ4n) is 3.22. The predicted molar refractivity (Wildman–Crippen MR) is 113 cm³/mol. The number of rotatable bonds is 6. The molecular weight excluding hydrogens is 442 g/mol. The van der Waals surface area contributed by atoms with E-state index in [0.717, 1.165) is 17.7 Å². The van der Waals surface area contributed by atoms with Gasteiger partial charge in [0.1, 0.15) is 5.82 Å². The van der Waals surface area contributed by atoms with Crippen LogP contribution in [0.15, 0.2) is 42.5 Å². The van der Waals surface area contributed by atoms with Gasteiger partial charge in [0.2, 0.25) is 0 Å². The molecule has 5 N–H and O–H groups in total. The molecule has 0 aliphatic carbocycles. The average molecular weight is 463 g/mol. The van der Waals surface area contributed by atoms with E-state index < -0.39 is 41.1 Å². The summed E-state index contributed by atoms with van der Waals surface area (Å²) < 4.78 is 53.9. The molecule has 33 heavy (non-hydrogen) atoms. The summed E-state index contributed by atoms with van der Waals surface area (Å²) in [6.07, 6.45) is -4.61. The molecular formula is C22H21F4N5O2. The van der Waals surface area contributed by atoms with Gasteiger partial charge in [0.05, 0.1) is 23.0 Å². The van der Waals surface area contributed by atoms with E-state index in [-0.39, 0.29) is 23.5 Å². The topological polar surface area (TPSA) is 116 Å². The molecule has 2 amide bonds. The lowest BCUT2D eigenvalue weighted by atomic mass is 10.1. The van der Waals surface area contributed by atoms with Crippen molar-refractivity contribution in [2.75, 3.05) is 5.73 Å². The normalized spacial score (nSPS) is 12.4. The van der Waals surface area contributed by atoms with Crippen LogP contribution in [0.1, 0.15) is 50.5 Å². The van der Waals surface area contributed by atoms with Gasteiger partial charge in [0.15, 0.2) is 5.69 Å². The van der Waals surface area contributed by atoms with Crippen molar-refractivity contribution in [3.63, 3.8) is 0 Å².